The summed E-state index contributed by atoms with van der Waals surface area (Å²) >= 11 is 4.61. The second-order valence-electron chi connectivity index (χ2n) is 3.49. The Bertz CT molecular complexity index is 553. The summed E-state index contributed by atoms with van der Waals surface area (Å²) in [6.07, 6.45) is 0. The van der Waals surface area contributed by atoms with Crippen molar-refractivity contribution in [2.45, 2.75) is 18.7 Å². The lowest BCUT2D eigenvalue weighted by Crippen LogP contribution is -2.38. The van der Waals surface area contributed by atoms with Crippen molar-refractivity contribution in [1.29, 1.82) is 0 Å². The van der Waals surface area contributed by atoms with Crippen molar-refractivity contribution < 1.29 is 13.6 Å². The first kappa shape index (κ1) is 15.4. The Morgan fingerprint density at radius 1 is 1.67 bits per heavy atom. The monoisotopic (exact) mass is 355 g/mol. The van der Waals surface area contributed by atoms with E-state index in [2.05, 4.69) is 21.1 Å². The molecule has 1 aromatic heterocycles. The van der Waals surface area contributed by atoms with Crippen LogP contribution in [0.2, 0.25) is 0 Å². The molecule has 6 nitrogen and oxygen atoms in total. The molecule has 3 N–H and O–H groups in total. The number of halogens is 1. The fourth-order valence-electron chi connectivity index (χ4n) is 1.40. The van der Waals surface area contributed by atoms with E-state index >= 15 is 0 Å². The third-order valence-electron chi connectivity index (χ3n) is 2.28. The topological polar surface area (TPSA) is 96.0 Å². The van der Waals surface area contributed by atoms with Crippen LogP contribution in [0.3, 0.4) is 0 Å². The van der Waals surface area contributed by atoms with Gasteiger partial charge in [0.1, 0.15) is 0 Å². The molecular weight excluding hydrogens is 342 g/mol. The molecular formula is C9H14BrN3O3S2. The van der Waals surface area contributed by atoms with Gasteiger partial charge in [-0.3, -0.25) is 0 Å². The molecule has 0 aliphatic rings. The first-order valence-electron chi connectivity index (χ1n) is 5.05. The molecule has 18 heavy (non-hydrogen) atoms. The van der Waals surface area contributed by atoms with Crippen LogP contribution in [0.1, 0.15) is 11.8 Å². The molecule has 0 aliphatic carbocycles. The van der Waals surface area contributed by atoms with Gasteiger partial charge in [0.2, 0.25) is 10.0 Å². The van der Waals surface area contributed by atoms with Gasteiger partial charge >= 0.3 is 0 Å². The number of likely N-dealkylation sites (N-methyl/N-ethyl adjacent to an activating group) is 1. The molecule has 0 amide bonds. The highest BCUT2D eigenvalue weighted by Crippen LogP contribution is 2.31. The summed E-state index contributed by atoms with van der Waals surface area (Å²) in [5, 5.41) is 11.3. The molecule has 0 aromatic carbocycles. The van der Waals surface area contributed by atoms with Crippen LogP contribution in [0, 0.1) is 6.92 Å². The van der Waals surface area contributed by atoms with Gasteiger partial charge in [-0.2, -0.15) is 4.31 Å². The van der Waals surface area contributed by atoms with E-state index < -0.39 is 10.0 Å². The standard InChI is InChI=1S/C9H14BrN3O3S2/c1-3-13(5-9(11)12-14)18(15,16)7-4-8(10)17-6(7)2/h4,14H,3,5H2,1-2H3,(H2,11,12). The molecule has 0 fully saturated rings. The van der Waals surface area contributed by atoms with Crippen molar-refractivity contribution in [3.05, 3.63) is 14.7 Å². The molecule has 0 spiro atoms. The second kappa shape index (κ2) is 6.00. The van der Waals surface area contributed by atoms with Crippen molar-refractivity contribution in [1.82, 2.24) is 4.31 Å². The largest absolute Gasteiger partial charge is 0.409 e. The van der Waals surface area contributed by atoms with Gasteiger partial charge in [0.25, 0.3) is 0 Å². The van der Waals surface area contributed by atoms with Crippen molar-refractivity contribution >= 4 is 43.1 Å². The highest BCUT2D eigenvalue weighted by atomic mass is 79.9. The summed E-state index contributed by atoms with van der Waals surface area (Å²) in [5.74, 6) is -0.146. The van der Waals surface area contributed by atoms with Crippen molar-refractivity contribution in [3.63, 3.8) is 0 Å². The van der Waals surface area contributed by atoms with Crippen molar-refractivity contribution in [2.24, 2.45) is 10.9 Å². The summed E-state index contributed by atoms with van der Waals surface area (Å²) in [4.78, 5) is 0.937. The van der Waals surface area contributed by atoms with Crippen LogP contribution in [0.4, 0.5) is 0 Å². The minimum atomic E-state index is -3.62. The van der Waals surface area contributed by atoms with Gasteiger partial charge in [-0.05, 0) is 28.9 Å². The van der Waals surface area contributed by atoms with E-state index in [0.29, 0.717) is 4.88 Å². The lowest BCUT2D eigenvalue weighted by atomic mass is 10.5. The molecule has 9 heteroatoms. The van der Waals surface area contributed by atoms with E-state index in [0.717, 1.165) is 8.09 Å². The van der Waals surface area contributed by atoms with Crippen LogP contribution in [0.5, 0.6) is 0 Å². The van der Waals surface area contributed by atoms with Crippen molar-refractivity contribution in [3.8, 4) is 0 Å². The molecule has 0 unspecified atom stereocenters. The molecule has 1 heterocycles. The van der Waals surface area contributed by atoms with E-state index in [1.807, 2.05) is 0 Å². The number of sulfonamides is 1. The fraction of sp³-hybridized carbons (Fsp3) is 0.444. The zero-order chi connectivity index (χ0) is 13.9. The van der Waals surface area contributed by atoms with Gasteiger partial charge in [-0.1, -0.05) is 12.1 Å². The highest BCUT2D eigenvalue weighted by Gasteiger charge is 2.27. The summed E-state index contributed by atoms with van der Waals surface area (Å²) < 4.78 is 26.6. The summed E-state index contributed by atoms with van der Waals surface area (Å²) in [6.45, 7) is 3.53. The lowest BCUT2D eigenvalue weighted by Gasteiger charge is -2.19. The van der Waals surface area contributed by atoms with Crippen LogP contribution >= 0.6 is 27.3 Å². The first-order chi connectivity index (χ1) is 8.32. The van der Waals surface area contributed by atoms with Crippen LogP contribution in [-0.4, -0.2) is 36.9 Å². The van der Waals surface area contributed by atoms with Gasteiger partial charge in [-0.15, -0.1) is 11.3 Å². The maximum absolute atomic E-state index is 12.4. The number of aryl methyl sites for hydroxylation is 1. The SMILES string of the molecule is CCN(CC(N)=NO)S(=O)(=O)c1cc(Br)sc1C. The van der Waals surface area contributed by atoms with Crippen LogP contribution < -0.4 is 5.73 Å². The number of nitrogens with two attached hydrogens (primary N) is 1. The average Bonchev–Trinajstić information content (AvgIpc) is 2.65. The number of hydrogen-bond donors (Lipinski definition) is 2. The van der Waals surface area contributed by atoms with Crippen LogP contribution in [0.15, 0.2) is 19.9 Å². The van der Waals surface area contributed by atoms with Crippen LogP contribution in [-0.2, 0) is 10.0 Å². The van der Waals surface area contributed by atoms with Gasteiger partial charge in [0.05, 0.1) is 15.2 Å². The van der Waals surface area contributed by atoms with Gasteiger partial charge in [-0.25, -0.2) is 8.42 Å². The molecule has 0 atom stereocenters. The fourth-order valence-corrected chi connectivity index (χ4v) is 5.21. The predicted octanol–water partition coefficient (Wildman–Crippen LogP) is 1.58. The van der Waals surface area contributed by atoms with E-state index in [-0.39, 0.29) is 23.8 Å². The number of nitrogens with zero attached hydrogens (tertiary/aromatic N) is 2. The maximum atomic E-state index is 12.4. The molecule has 0 bridgehead atoms. The molecule has 0 saturated heterocycles. The van der Waals surface area contributed by atoms with E-state index in [1.165, 1.54) is 11.3 Å². The average molecular weight is 356 g/mol. The first-order valence-corrected chi connectivity index (χ1v) is 8.10. The number of hydrogen-bond acceptors (Lipinski definition) is 5. The Balaban J connectivity index is 3.15. The van der Waals surface area contributed by atoms with Gasteiger partial charge in [0, 0.05) is 11.4 Å². The van der Waals surface area contributed by atoms with E-state index in [1.54, 1.807) is 19.9 Å². The zero-order valence-corrected chi connectivity index (χ0v) is 13.1. The van der Waals surface area contributed by atoms with Crippen molar-refractivity contribution in [2.75, 3.05) is 13.1 Å². The molecule has 0 aliphatic heterocycles. The number of amidine groups is 1. The predicted molar refractivity (Wildman–Crippen MR) is 74.6 cm³/mol. The highest BCUT2D eigenvalue weighted by molar-refractivity contribution is 9.11. The number of oxime groups is 1. The molecule has 1 aromatic rings. The molecule has 0 saturated carbocycles. The Hall–Kier alpha value is -0.640. The summed E-state index contributed by atoms with van der Waals surface area (Å²) in [7, 11) is -3.62. The number of rotatable bonds is 5. The Morgan fingerprint density at radius 2 is 2.28 bits per heavy atom. The Morgan fingerprint density at radius 3 is 2.67 bits per heavy atom. The lowest BCUT2D eigenvalue weighted by molar-refractivity contribution is 0.315. The third kappa shape index (κ3) is 3.22. The van der Waals surface area contributed by atoms with Gasteiger partial charge in [0.15, 0.2) is 5.84 Å². The van der Waals surface area contributed by atoms with Crippen LogP contribution in [0.25, 0.3) is 0 Å². The molecule has 1 rings (SSSR count). The molecule has 102 valence electrons. The number of thiophene rings is 1. The van der Waals surface area contributed by atoms with E-state index in [4.69, 9.17) is 10.9 Å². The smallest absolute Gasteiger partial charge is 0.244 e. The Labute approximate surface area is 118 Å². The maximum Gasteiger partial charge on any atom is 0.244 e. The summed E-state index contributed by atoms with van der Waals surface area (Å²) in [6, 6.07) is 1.56. The third-order valence-corrected chi connectivity index (χ3v) is 6.01. The minimum absolute atomic E-state index is 0.137. The zero-order valence-electron chi connectivity index (χ0n) is 9.92. The second-order valence-corrected chi connectivity index (χ2v) is 8.04. The Kier molecular flexibility index (Phi) is 5.14. The van der Waals surface area contributed by atoms with E-state index in [9.17, 15) is 8.42 Å². The minimum Gasteiger partial charge on any atom is -0.409 e. The molecule has 0 radical (unpaired) electrons. The van der Waals surface area contributed by atoms with Gasteiger partial charge < -0.3 is 10.9 Å². The summed E-state index contributed by atoms with van der Waals surface area (Å²) in [5.41, 5.74) is 5.35. The quantitative estimate of drug-likeness (QED) is 0.362. The normalized spacial score (nSPS) is 13.2.